The summed E-state index contributed by atoms with van der Waals surface area (Å²) >= 11 is 14.0. The topological polar surface area (TPSA) is 71.2 Å². The molecule has 1 N–H and O–H groups in total. The fraction of sp³-hybridized carbons (Fsp3) is 0.500. The fourth-order valence-corrected chi connectivity index (χ4v) is 5.43. The van der Waals surface area contributed by atoms with Crippen LogP contribution < -0.4 is 0 Å². The summed E-state index contributed by atoms with van der Waals surface area (Å²) < 4.78 is 1.42. The van der Waals surface area contributed by atoms with Crippen LogP contribution in [0.4, 0.5) is 0 Å². The first kappa shape index (κ1) is 19.2. The second kappa shape index (κ2) is 7.72. The minimum absolute atomic E-state index is 0.0793. The van der Waals surface area contributed by atoms with Crippen LogP contribution in [0, 0.1) is 0 Å². The summed E-state index contributed by atoms with van der Waals surface area (Å²) in [5.41, 5.74) is 0.866. The number of nitrogens with zero attached hydrogens (tertiary/aromatic N) is 4. The van der Waals surface area contributed by atoms with Gasteiger partial charge in [0.2, 0.25) is 0 Å². The number of aliphatic hydroxyl groups excluding tert-OH is 1. The van der Waals surface area contributed by atoms with Gasteiger partial charge in [-0.2, -0.15) is 4.68 Å². The zero-order chi connectivity index (χ0) is 19.1. The Morgan fingerprint density at radius 3 is 2.70 bits per heavy atom. The summed E-state index contributed by atoms with van der Waals surface area (Å²) in [5.74, 6) is 0.593. The summed E-state index contributed by atoms with van der Waals surface area (Å²) in [6.45, 7) is 3.36. The first-order valence-electron chi connectivity index (χ1n) is 9.01. The number of aliphatic hydroxyl groups is 1. The quantitative estimate of drug-likeness (QED) is 0.806. The number of fused-ring (bicyclic) bond motifs is 1. The van der Waals surface area contributed by atoms with Crippen LogP contribution in [0.15, 0.2) is 23.4 Å². The SMILES string of the molecule is CCc1nc2n(n1)C(=O)C(C(c1ccc(Cl)cc1Cl)N1CCC(O)CC1)S2. The van der Waals surface area contributed by atoms with Gasteiger partial charge in [-0.25, -0.2) is 4.98 Å². The Morgan fingerprint density at radius 2 is 2.07 bits per heavy atom. The van der Waals surface area contributed by atoms with Gasteiger partial charge in [-0.1, -0.05) is 48.0 Å². The van der Waals surface area contributed by atoms with Crippen molar-refractivity contribution < 1.29 is 9.90 Å². The van der Waals surface area contributed by atoms with Gasteiger partial charge in [0, 0.05) is 29.6 Å². The molecule has 1 aromatic carbocycles. The maximum absolute atomic E-state index is 13.1. The second-order valence-electron chi connectivity index (χ2n) is 6.83. The highest BCUT2D eigenvalue weighted by atomic mass is 35.5. The van der Waals surface area contributed by atoms with E-state index in [1.165, 1.54) is 16.4 Å². The molecule has 9 heteroatoms. The van der Waals surface area contributed by atoms with Gasteiger partial charge in [0.1, 0.15) is 5.25 Å². The summed E-state index contributed by atoms with van der Waals surface area (Å²) in [6.07, 6.45) is 1.75. The van der Waals surface area contributed by atoms with E-state index in [9.17, 15) is 9.90 Å². The van der Waals surface area contributed by atoms with E-state index in [2.05, 4.69) is 15.0 Å². The van der Waals surface area contributed by atoms with Crippen molar-refractivity contribution in [3.8, 4) is 0 Å². The third-order valence-electron chi connectivity index (χ3n) is 5.08. The van der Waals surface area contributed by atoms with Gasteiger partial charge in [-0.15, -0.1) is 5.10 Å². The molecule has 4 rings (SSSR count). The number of carbonyl (C=O) groups is 1. The molecule has 0 aliphatic carbocycles. The molecular formula is C18H20Cl2N4O2S. The van der Waals surface area contributed by atoms with E-state index in [4.69, 9.17) is 23.2 Å². The average Bonchev–Trinajstić information content (AvgIpc) is 3.18. The number of aryl methyl sites for hydroxylation is 1. The van der Waals surface area contributed by atoms with Gasteiger partial charge in [0.25, 0.3) is 5.91 Å². The predicted molar refractivity (Wildman–Crippen MR) is 106 cm³/mol. The smallest absolute Gasteiger partial charge is 0.264 e. The molecule has 0 radical (unpaired) electrons. The van der Waals surface area contributed by atoms with Crippen molar-refractivity contribution in [3.63, 3.8) is 0 Å². The first-order chi connectivity index (χ1) is 13.0. The van der Waals surface area contributed by atoms with E-state index in [0.717, 1.165) is 5.56 Å². The van der Waals surface area contributed by atoms with E-state index in [1.807, 2.05) is 13.0 Å². The molecule has 0 spiro atoms. The third kappa shape index (κ3) is 3.63. The van der Waals surface area contributed by atoms with Crippen LogP contribution in [0.2, 0.25) is 10.0 Å². The minimum atomic E-state index is -0.389. The van der Waals surface area contributed by atoms with Crippen molar-refractivity contribution in [2.24, 2.45) is 0 Å². The number of rotatable bonds is 4. The number of piperidine rings is 1. The van der Waals surface area contributed by atoms with Crippen LogP contribution in [0.3, 0.4) is 0 Å². The lowest BCUT2D eigenvalue weighted by atomic mass is 9.97. The molecule has 3 heterocycles. The Morgan fingerprint density at radius 1 is 1.33 bits per heavy atom. The second-order valence-corrected chi connectivity index (χ2v) is 8.78. The van der Waals surface area contributed by atoms with E-state index in [1.54, 1.807) is 12.1 Å². The van der Waals surface area contributed by atoms with Crippen molar-refractivity contribution >= 4 is 40.9 Å². The maximum Gasteiger partial charge on any atom is 0.264 e. The van der Waals surface area contributed by atoms with Gasteiger partial charge >= 0.3 is 0 Å². The molecule has 1 aromatic heterocycles. The molecule has 1 fully saturated rings. The van der Waals surface area contributed by atoms with Crippen LogP contribution in [0.1, 0.15) is 42.0 Å². The zero-order valence-electron chi connectivity index (χ0n) is 14.8. The lowest BCUT2D eigenvalue weighted by Gasteiger charge is -2.38. The number of hydrogen-bond donors (Lipinski definition) is 1. The molecule has 2 aromatic rings. The van der Waals surface area contributed by atoms with E-state index in [-0.39, 0.29) is 23.3 Å². The molecular weight excluding hydrogens is 407 g/mol. The molecule has 1 saturated heterocycles. The molecule has 6 nitrogen and oxygen atoms in total. The van der Waals surface area contributed by atoms with Crippen molar-refractivity contribution in [3.05, 3.63) is 39.6 Å². The molecule has 0 saturated carbocycles. The van der Waals surface area contributed by atoms with Crippen LogP contribution in [0.25, 0.3) is 0 Å². The van der Waals surface area contributed by atoms with Crippen molar-refractivity contribution in [1.82, 2.24) is 19.7 Å². The Balaban J connectivity index is 1.70. The van der Waals surface area contributed by atoms with Crippen LogP contribution in [-0.2, 0) is 6.42 Å². The van der Waals surface area contributed by atoms with Crippen molar-refractivity contribution in [1.29, 1.82) is 0 Å². The third-order valence-corrected chi connectivity index (χ3v) is 6.83. The molecule has 2 aliphatic rings. The lowest BCUT2D eigenvalue weighted by Crippen LogP contribution is -2.44. The van der Waals surface area contributed by atoms with Crippen LogP contribution in [-0.4, -0.2) is 55.1 Å². The molecule has 2 atom stereocenters. The van der Waals surface area contributed by atoms with Gasteiger partial charge in [-0.05, 0) is 30.5 Å². The number of likely N-dealkylation sites (tertiary alicyclic amines) is 1. The summed E-state index contributed by atoms with van der Waals surface area (Å²) in [4.78, 5) is 19.8. The Kier molecular flexibility index (Phi) is 5.49. The molecule has 0 bridgehead atoms. The Hall–Kier alpha value is -1.12. The number of halogens is 2. The monoisotopic (exact) mass is 426 g/mol. The van der Waals surface area contributed by atoms with E-state index < -0.39 is 0 Å². The van der Waals surface area contributed by atoms with Crippen molar-refractivity contribution in [2.45, 2.75) is 48.7 Å². The molecule has 0 amide bonds. The van der Waals surface area contributed by atoms with Gasteiger partial charge < -0.3 is 5.11 Å². The normalized spacial score (nSPS) is 22.2. The number of thioether (sulfide) groups is 1. The zero-order valence-corrected chi connectivity index (χ0v) is 17.1. The molecule has 144 valence electrons. The first-order valence-corrected chi connectivity index (χ1v) is 10.7. The lowest BCUT2D eigenvalue weighted by molar-refractivity contribution is 0.0552. The van der Waals surface area contributed by atoms with Gasteiger partial charge in [0.15, 0.2) is 11.0 Å². The molecule has 27 heavy (non-hydrogen) atoms. The van der Waals surface area contributed by atoms with Gasteiger partial charge in [0.05, 0.1) is 12.1 Å². The highest BCUT2D eigenvalue weighted by molar-refractivity contribution is 8.00. The predicted octanol–water partition coefficient (Wildman–Crippen LogP) is 3.46. The van der Waals surface area contributed by atoms with Crippen LogP contribution >= 0.6 is 35.0 Å². The standard InChI is InChI=1S/C18H20Cl2N4O2S/c1-2-14-21-18-24(22-14)17(26)16(27-18)15(23-7-5-11(25)6-8-23)12-4-3-10(19)9-13(12)20/h3-4,9,11,15-16,25H,2,5-8H2,1H3. The number of benzene rings is 1. The Bertz CT molecular complexity index is 867. The summed E-state index contributed by atoms with van der Waals surface area (Å²) in [6, 6.07) is 5.17. The fourth-order valence-electron chi connectivity index (χ4n) is 3.65. The van der Waals surface area contributed by atoms with Crippen molar-refractivity contribution in [2.75, 3.05) is 13.1 Å². The largest absolute Gasteiger partial charge is 0.393 e. The number of carbonyl (C=O) groups excluding carboxylic acids is 1. The minimum Gasteiger partial charge on any atom is -0.393 e. The van der Waals surface area contributed by atoms with Gasteiger partial charge in [-0.3, -0.25) is 9.69 Å². The highest BCUT2D eigenvalue weighted by Crippen LogP contribution is 2.43. The highest BCUT2D eigenvalue weighted by Gasteiger charge is 2.44. The number of hydrogen-bond acceptors (Lipinski definition) is 6. The average molecular weight is 427 g/mol. The number of aromatic nitrogens is 3. The Labute approximate surface area is 171 Å². The molecule has 2 aliphatic heterocycles. The maximum atomic E-state index is 13.1. The van der Waals surface area contributed by atoms with E-state index >= 15 is 0 Å². The van der Waals surface area contributed by atoms with E-state index in [0.29, 0.717) is 53.4 Å². The summed E-state index contributed by atoms with van der Waals surface area (Å²) in [5, 5.41) is 15.6. The molecule has 2 unspecified atom stereocenters. The summed E-state index contributed by atoms with van der Waals surface area (Å²) in [7, 11) is 0. The van der Waals surface area contributed by atoms with Crippen LogP contribution in [0.5, 0.6) is 0 Å².